The molecule has 0 unspecified atom stereocenters. The van der Waals surface area contributed by atoms with Crippen LogP contribution in [0.4, 0.5) is 0 Å². The normalized spacial score (nSPS) is 10.4. The van der Waals surface area contributed by atoms with Gasteiger partial charge in [-0.1, -0.05) is 0 Å². The lowest BCUT2D eigenvalue weighted by Gasteiger charge is -2.11. The van der Waals surface area contributed by atoms with Crippen molar-refractivity contribution >= 4 is 0 Å². The van der Waals surface area contributed by atoms with Gasteiger partial charge in [0.2, 0.25) is 5.88 Å². The van der Waals surface area contributed by atoms with Gasteiger partial charge in [-0.3, -0.25) is 4.98 Å². The van der Waals surface area contributed by atoms with E-state index in [4.69, 9.17) is 10.5 Å². The zero-order chi connectivity index (χ0) is 13.5. The number of nitrogens with two attached hydrogens (primary N) is 1. The predicted octanol–water partition coefficient (Wildman–Crippen LogP) is 2.26. The third-order valence-electron chi connectivity index (χ3n) is 3.05. The summed E-state index contributed by atoms with van der Waals surface area (Å²) in [5, 5.41) is 0. The molecule has 0 saturated carbocycles. The summed E-state index contributed by atoms with van der Waals surface area (Å²) in [6, 6.07) is 6.00. The lowest BCUT2D eigenvalue weighted by atomic mass is 10.1. The third kappa shape index (κ3) is 3.76. The Balaban J connectivity index is 1.85. The Morgan fingerprint density at radius 1 is 1.16 bits per heavy atom. The van der Waals surface area contributed by atoms with E-state index in [2.05, 4.69) is 9.97 Å². The van der Waals surface area contributed by atoms with Crippen LogP contribution < -0.4 is 10.5 Å². The van der Waals surface area contributed by atoms with Gasteiger partial charge in [-0.15, -0.1) is 0 Å². The van der Waals surface area contributed by atoms with Crippen LogP contribution in [0.15, 0.2) is 36.8 Å². The standard InChI is InChI=1S/C15H19N3O/c1-12-4-9-18-15(14(12)11-16)19-10-2-3-13-5-7-17-8-6-13/h4-9H,2-3,10-11,16H2,1H3. The summed E-state index contributed by atoms with van der Waals surface area (Å²) in [6.07, 6.45) is 7.30. The molecule has 0 atom stereocenters. The fourth-order valence-corrected chi connectivity index (χ4v) is 1.93. The van der Waals surface area contributed by atoms with Crippen molar-refractivity contribution in [3.05, 3.63) is 53.5 Å². The molecule has 0 aromatic carbocycles. The van der Waals surface area contributed by atoms with Crippen LogP contribution >= 0.6 is 0 Å². The van der Waals surface area contributed by atoms with Crippen LogP contribution in [0, 0.1) is 6.92 Å². The third-order valence-corrected chi connectivity index (χ3v) is 3.05. The molecule has 0 bridgehead atoms. The van der Waals surface area contributed by atoms with Crippen LogP contribution in [0.1, 0.15) is 23.1 Å². The fourth-order valence-electron chi connectivity index (χ4n) is 1.93. The molecule has 19 heavy (non-hydrogen) atoms. The lowest BCUT2D eigenvalue weighted by molar-refractivity contribution is 0.295. The second-order valence-corrected chi connectivity index (χ2v) is 4.42. The SMILES string of the molecule is Cc1ccnc(OCCCc2ccncc2)c1CN. The molecule has 2 rings (SSSR count). The molecule has 0 saturated heterocycles. The maximum Gasteiger partial charge on any atom is 0.218 e. The smallest absolute Gasteiger partial charge is 0.218 e. The van der Waals surface area contributed by atoms with E-state index in [0.29, 0.717) is 19.0 Å². The van der Waals surface area contributed by atoms with E-state index < -0.39 is 0 Å². The number of aryl methyl sites for hydroxylation is 2. The second kappa shape index (κ2) is 6.85. The highest BCUT2D eigenvalue weighted by Gasteiger charge is 2.06. The molecule has 2 aromatic heterocycles. The molecule has 0 aliphatic carbocycles. The summed E-state index contributed by atoms with van der Waals surface area (Å²) in [4.78, 5) is 8.24. The largest absolute Gasteiger partial charge is 0.477 e. The van der Waals surface area contributed by atoms with E-state index in [9.17, 15) is 0 Å². The molecule has 0 fully saturated rings. The molecule has 4 heteroatoms. The fraction of sp³-hybridized carbons (Fsp3) is 0.333. The first-order chi connectivity index (χ1) is 9.31. The monoisotopic (exact) mass is 257 g/mol. The van der Waals surface area contributed by atoms with Crippen LogP contribution in [0.5, 0.6) is 5.88 Å². The Morgan fingerprint density at radius 2 is 1.95 bits per heavy atom. The Hall–Kier alpha value is -1.94. The van der Waals surface area contributed by atoms with Crippen molar-refractivity contribution in [2.75, 3.05) is 6.61 Å². The minimum absolute atomic E-state index is 0.458. The molecular formula is C15H19N3O. The molecule has 2 N–H and O–H groups in total. The average molecular weight is 257 g/mol. The zero-order valence-corrected chi connectivity index (χ0v) is 11.2. The average Bonchev–Trinajstić information content (AvgIpc) is 2.45. The van der Waals surface area contributed by atoms with E-state index in [0.717, 1.165) is 24.0 Å². The van der Waals surface area contributed by atoms with E-state index in [-0.39, 0.29) is 0 Å². The van der Waals surface area contributed by atoms with Gasteiger partial charge in [-0.25, -0.2) is 4.98 Å². The first kappa shape index (κ1) is 13.5. The molecule has 2 aromatic rings. The van der Waals surface area contributed by atoms with Crippen LogP contribution in [0.25, 0.3) is 0 Å². The Kier molecular flexibility index (Phi) is 4.86. The number of ether oxygens (including phenoxy) is 1. The summed E-state index contributed by atoms with van der Waals surface area (Å²) in [6.45, 7) is 3.12. The van der Waals surface area contributed by atoms with Gasteiger partial charge in [0.05, 0.1) is 6.61 Å². The van der Waals surface area contributed by atoms with Gasteiger partial charge in [0.25, 0.3) is 0 Å². The van der Waals surface area contributed by atoms with Crippen molar-refractivity contribution in [1.82, 2.24) is 9.97 Å². The lowest BCUT2D eigenvalue weighted by Crippen LogP contribution is -2.07. The number of pyridine rings is 2. The van der Waals surface area contributed by atoms with E-state index in [1.807, 2.05) is 37.5 Å². The topological polar surface area (TPSA) is 61.0 Å². The van der Waals surface area contributed by atoms with Crippen molar-refractivity contribution in [1.29, 1.82) is 0 Å². The van der Waals surface area contributed by atoms with Crippen LogP contribution in [-0.2, 0) is 13.0 Å². The minimum atomic E-state index is 0.458. The minimum Gasteiger partial charge on any atom is -0.477 e. The van der Waals surface area contributed by atoms with Gasteiger partial charge in [0.1, 0.15) is 0 Å². The van der Waals surface area contributed by atoms with Gasteiger partial charge in [0, 0.05) is 30.7 Å². The van der Waals surface area contributed by atoms with Crippen molar-refractivity contribution in [3.63, 3.8) is 0 Å². The van der Waals surface area contributed by atoms with Crippen molar-refractivity contribution in [3.8, 4) is 5.88 Å². The zero-order valence-electron chi connectivity index (χ0n) is 11.2. The van der Waals surface area contributed by atoms with Gasteiger partial charge in [-0.2, -0.15) is 0 Å². The van der Waals surface area contributed by atoms with Crippen LogP contribution in [0.3, 0.4) is 0 Å². The van der Waals surface area contributed by atoms with Crippen LogP contribution in [0.2, 0.25) is 0 Å². The summed E-state index contributed by atoms with van der Waals surface area (Å²) in [5.74, 6) is 0.664. The second-order valence-electron chi connectivity index (χ2n) is 4.42. The summed E-state index contributed by atoms with van der Waals surface area (Å²) >= 11 is 0. The number of aromatic nitrogens is 2. The first-order valence-electron chi connectivity index (χ1n) is 6.47. The number of hydrogen-bond donors (Lipinski definition) is 1. The summed E-state index contributed by atoms with van der Waals surface area (Å²) in [5.41, 5.74) is 9.11. The highest BCUT2D eigenvalue weighted by Crippen LogP contribution is 2.18. The Labute approximate surface area is 113 Å². The first-order valence-corrected chi connectivity index (χ1v) is 6.47. The molecular weight excluding hydrogens is 238 g/mol. The van der Waals surface area contributed by atoms with E-state index >= 15 is 0 Å². The number of hydrogen-bond acceptors (Lipinski definition) is 4. The maximum absolute atomic E-state index is 5.72. The van der Waals surface area contributed by atoms with E-state index in [1.54, 1.807) is 6.20 Å². The highest BCUT2D eigenvalue weighted by atomic mass is 16.5. The maximum atomic E-state index is 5.72. The van der Waals surface area contributed by atoms with E-state index in [1.165, 1.54) is 5.56 Å². The molecule has 0 spiro atoms. The molecule has 0 amide bonds. The van der Waals surface area contributed by atoms with Crippen LogP contribution in [-0.4, -0.2) is 16.6 Å². The molecule has 0 radical (unpaired) electrons. The van der Waals surface area contributed by atoms with Crippen molar-refractivity contribution < 1.29 is 4.74 Å². The Bertz CT molecular complexity index is 514. The molecule has 4 nitrogen and oxygen atoms in total. The van der Waals surface area contributed by atoms with Gasteiger partial charge < -0.3 is 10.5 Å². The summed E-state index contributed by atoms with van der Waals surface area (Å²) < 4.78 is 5.72. The molecule has 2 heterocycles. The predicted molar refractivity (Wildman–Crippen MR) is 74.9 cm³/mol. The highest BCUT2D eigenvalue weighted by molar-refractivity contribution is 5.33. The van der Waals surface area contributed by atoms with Gasteiger partial charge in [-0.05, 0) is 49.1 Å². The van der Waals surface area contributed by atoms with Gasteiger partial charge in [0.15, 0.2) is 0 Å². The number of nitrogens with zero attached hydrogens (tertiary/aromatic N) is 2. The van der Waals surface area contributed by atoms with Crippen molar-refractivity contribution in [2.24, 2.45) is 5.73 Å². The molecule has 0 aliphatic rings. The quantitative estimate of drug-likeness (QED) is 0.806. The van der Waals surface area contributed by atoms with Crippen molar-refractivity contribution in [2.45, 2.75) is 26.3 Å². The van der Waals surface area contributed by atoms with Gasteiger partial charge >= 0.3 is 0 Å². The molecule has 100 valence electrons. The summed E-state index contributed by atoms with van der Waals surface area (Å²) in [7, 11) is 0. The molecule has 0 aliphatic heterocycles. The number of rotatable bonds is 6. The Morgan fingerprint density at radius 3 is 2.68 bits per heavy atom.